The van der Waals surface area contributed by atoms with Crippen molar-refractivity contribution in [2.75, 3.05) is 0 Å². The van der Waals surface area contributed by atoms with Gasteiger partial charge in [0.25, 0.3) is 5.91 Å². The van der Waals surface area contributed by atoms with Crippen molar-refractivity contribution in [2.45, 2.75) is 6.04 Å². The molecule has 0 bridgehead atoms. The molecule has 1 amide bonds. The molecule has 1 aromatic heterocycles. The summed E-state index contributed by atoms with van der Waals surface area (Å²) < 4.78 is 13.0. The molecule has 106 valence electrons. The number of amides is 1. The lowest BCUT2D eigenvalue weighted by Gasteiger charge is -2.13. The van der Waals surface area contributed by atoms with Gasteiger partial charge in [0, 0.05) is 0 Å². The Hall–Kier alpha value is -2.47. The van der Waals surface area contributed by atoms with Crippen LogP contribution in [0, 0.1) is 5.82 Å². The number of hydrogen-bond donors (Lipinski definition) is 2. The molecule has 1 aliphatic rings. The molecule has 2 aromatic rings. The van der Waals surface area contributed by atoms with Crippen molar-refractivity contribution < 1.29 is 19.1 Å². The van der Waals surface area contributed by atoms with Gasteiger partial charge in [0.1, 0.15) is 5.82 Å². The fourth-order valence-corrected chi connectivity index (χ4v) is 2.89. The average Bonchev–Trinajstić information content (AvgIpc) is 3.09. The molecule has 1 aliphatic heterocycles. The highest BCUT2D eigenvalue weighted by Gasteiger charge is 2.37. The first kappa shape index (κ1) is 13.5. The molecule has 2 N–H and O–H groups in total. The van der Waals surface area contributed by atoms with Gasteiger partial charge in [-0.15, -0.1) is 11.3 Å². The van der Waals surface area contributed by atoms with E-state index < -0.39 is 29.3 Å². The van der Waals surface area contributed by atoms with E-state index in [-0.39, 0.29) is 5.57 Å². The third-order valence-corrected chi connectivity index (χ3v) is 4.10. The molecular weight excluding hydrogens is 293 g/mol. The molecule has 0 saturated carbocycles. The maximum absolute atomic E-state index is 13.0. The summed E-state index contributed by atoms with van der Waals surface area (Å²) in [6.07, 6.45) is 0. The van der Waals surface area contributed by atoms with Gasteiger partial charge in [-0.1, -0.05) is 18.2 Å². The second-order valence-electron chi connectivity index (χ2n) is 4.53. The quantitative estimate of drug-likeness (QED) is 0.857. The minimum atomic E-state index is -0.771. The van der Waals surface area contributed by atoms with Gasteiger partial charge in [0.15, 0.2) is 5.76 Å². The van der Waals surface area contributed by atoms with Crippen LogP contribution >= 0.6 is 11.3 Å². The van der Waals surface area contributed by atoms with E-state index in [0.29, 0.717) is 10.4 Å². The SMILES string of the molecule is O=C1NC(c2ccc(F)cc2)C(C(=O)c2cccs2)=C1O. The third-order valence-electron chi connectivity index (χ3n) is 3.23. The maximum atomic E-state index is 13.0. The lowest BCUT2D eigenvalue weighted by atomic mass is 9.96. The Morgan fingerprint density at radius 2 is 1.95 bits per heavy atom. The third kappa shape index (κ3) is 2.34. The fourth-order valence-electron chi connectivity index (χ4n) is 2.22. The van der Waals surface area contributed by atoms with Crippen molar-refractivity contribution in [3.8, 4) is 0 Å². The first-order valence-corrected chi connectivity index (χ1v) is 7.03. The molecule has 0 radical (unpaired) electrons. The molecule has 1 aromatic carbocycles. The van der Waals surface area contributed by atoms with E-state index in [4.69, 9.17) is 0 Å². The topological polar surface area (TPSA) is 66.4 Å². The summed E-state index contributed by atoms with van der Waals surface area (Å²) in [5, 5.41) is 14.2. The number of benzene rings is 1. The highest BCUT2D eigenvalue weighted by Crippen LogP contribution is 2.32. The van der Waals surface area contributed by atoms with Crippen molar-refractivity contribution in [1.82, 2.24) is 5.32 Å². The lowest BCUT2D eigenvalue weighted by Crippen LogP contribution is -2.23. The molecule has 0 spiro atoms. The molecule has 1 unspecified atom stereocenters. The summed E-state index contributed by atoms with van der Waals surface area (Å²) in [5.74, 6) is -2.11. The van der Waals surface area contributed by atoms with E-state index in [0.717, 1.165) is 0 Å². The minimum absolute atomic E-state index is 0.00550. The highest BCUT2D eigenvalue weighted by molar-refractivity contribution is 7.12. The molecule has 3 rings (SSSR count). The van der Waals surface area contributed by atoms with Crippen LogP contribution in [0.2, 0.25) is 0 Å². The minimum Gasteiger partial charge on any atom is -0.503 e. The van der Waals surface area contributed by atoms with Crippen LogP contribution in [-0.2, 0) is 4.79 Å². The fraction of sp³-hybridized carbons (Fsp3) is 0.0667. The van der Waals surface area contributed by atoms with E-state index in [1.54, 1.807) is 17.5 Å². The number of ketones is 1. The first-order chi connectivity index (χ1) is 10.1. The lowest BCUT2D eigenvalue weighted by molar-refractivity contribution is -0.119. The van der Waals surface area contributed by atoms with Crippen LogP contribution in [0.15, 0.2) is 53.1 Å². The number of carbonyl (C=O) groups excluding carboxylic acids is 2. The summed E-state index contributed by atoms with van der Waals surface area (Å²) in [6.45, 7) is 0. The Labute approximate surface area is 123 Å². The van der Waals surface area contributed by atoms with Gasteiger partial charge in [-0.2, -0.15) is 0 Å². The van der Waals surface area contributed by atoms with Crippen molar-refractivity contribution in [3.05, 3.63) is 69.4 Å². The Balaban J connectivity index is 2.03. The zero-order chi connectivity index (χ0) is 15.0. The smallest absolute Gasteiger partial charge is 0.287 e. The standard InChI is InChI=1S/C15H10FNO3S/c16-9-5-3-8(4-6-9)12-11(14(19)15(20)17-12)13(18)10-2-1-7-21-10/h1-7,12,19H,(H,17,20). The first-order valence-electron chi connectivity index (χ1n) is 6.15. The molecule has 6 heteroatoms. The van der Waals surface area contributed by atoms with Crippen LogP contribution in [0.1, 0.15) is 21.3 Å². The molecule has 1 atom stereocenters. The average molecular weight is 303 g/mol. The van der Waals surface area contributed by atoms with Crippen molar-refractivity contribution in [1.29, 1.82) is 0 Å². The molecule has 2 heterocycles. The number of aliphatic hydroxyl groups excluding tert-OH is 1. The number of carbonyl (C=O) groups is 2. The van der Waals surface area contributed by atoms with Crippen LogP contribution in [-0.4, -0.2) is 16.8 Å². The monoisotopic (exact) mass is 303 g/mol. The van der Waals surface area contributed by atoms with Crippen molar-refractivity contribution >= 4 is 23.0 Å². The second-order valence-corrected chi connectivity index (χ2v) is 5.47. The van der Waals surface area contributed by atoms with Crippen LogP contribution in [0.5, 0.6) is 0 Å². The summed E-state index contributed by atoms with van der Waals surface area (Å²) in [5.41, 5.74) is 0.530. The van der Waals surface area contributed by atoms with Gasteiger partial charge in [0.05, 0.1) is 16.5 Å². The molecule has 0 saturated heterocycles. The molecule has 4 nitrogen and oxygen atoms in total. The number of Topliss-reactive ketones (excluding diaryl/α,β-unsaturated/α-hetero) is 1. The second kappa shape index (κ2) is 5.14. The Kier molecular flexibility index (Phi) is 3.31. The maximum Gasteiger partial charge on any atom is 0.287 e. The largest absolute Gasteiger partial charge is 0.503 e. The Morgan fingerprint density at radius 3 is 2.57 bits per heavy atom. The zero-order valence-corrected chi connectivity index (χ0v) is 11.5. The van der Waals surface area contributed by atoms with Crippen LogP contribution in [0.25, 0.3) is 0 Å². The highest BCUT2D eigenvalue weighted by atomic mass is 32.1. The van der Waals surface area contributed by atoms with Crippen molar-refractivity contribution in [3.63, 3.8) is 0 Å². The van der Waals surface area contributed by atoms with Gasteiger partial charge in [0.2, 0.25) is 5.78 Å². The Morgan fingerprint density at radius 1 is 1.24 bits per heavy atom. The van der Waals surface area contributed by atoms with Gasteiger partial charge < -0.3 is 10.4 Å². The molecular formula is C15H10FNO3S. The van der Waals surface area contributed by atoms with Gasteiger partial charge in [-0.05, 0) is 29.1 Å². The number of aliphatic hydroxyl groups is 1. The summed E-state index contributed by atoms with van der Waals surface area (Å²) >= 11 is 1.23. The number of halogens is 1. The van der Waals surface area contributed by atoms with E-state index in [1.807, 2.05) is 0 Å². The van der Waals surface area contributed by atoms with Crippen LogP contribution in [0.3, 0.4) is 0 Å². The van der Waals surface area contributed by atoms with E-state index in [9.17, 15) is 19.1 Å². The Bertz CT molecular complexity index is 735. The van der Waals surface area contributed by atoms with Crippen molar-refractivity contribution in [2.24, 2.45) is 0 Å². The number of thiophene rings is 1. The predicted octanol–water partition coefficient (Wildman–Crippen LogP) is 2.75. The van der Waals surface area contributed by atoms with E-state index >= 15 is 0 Å². The molecule has 21 heavy (non-hydrogen) atoms. The predicted molar refractivity (Wildman–Crippen MR) is 75.6 cm³/mol. The van der Waals surface area contributed by atoms with E-state index in [2.05, 4.69) is 5.32 Å². The van der Waals surface area contributed by atoms with Crippen LogP contribution < -0.4 is 5.32 Å². The van der Waals surface area contributed by atoms with Gasteiger partial charge >= 0.3 is 0 Å². The number of hydrogen-bond acceptors (Lipinski definition) is 4. The normalized spacial score (nSPS) is 18.0. The van der Waals surface area contributed by atoms with Gasteiger partial charge in [-0.3, -0.25) is 9.59 Å². The number of rotatable bonds is 3. The molecule has 0 aliphatic carbocycles. The van der Waals surface area contributed by atoms with Gasteiger partial charge in [-0.25, -0.2) is 4.39 Å². The summed E-state index contributed by atoms with van der Waals surface area (Å²) in [7, 11) is 0. The van der Waals surface area contributed by atoms with E-state index in [1.165, 1.54) is 35.6 Å². The summed E-state index contributed by atoms with van der Waals surface area (Å²) in [4.78, 5) is 24.5. The van der Waals surface area contributed by atoms with Crippen LogP contribution in [0.4, 0.5) is 4.39 Å². The zero-order valence-electron chi connectivity index (χ0n) is 10.7. The molecule has 0 fully saturated rings. The number of nitrogens with one attached hydrogen (secondary N) is 1. The summed E-state index contributed by atoms with van der Waals surface area (Å²) in [6, 6.07) is 7.99.